The van der Waals surface area contributed by atoms with E-state index in [1.165, 1.54) is 22.8 Å². The van der Waals surface area contributed by atoms with Crippen molar-refractivity contribution in [2.75, 3.05) is 6.61 Å². The number of aryl methyl sites for hydroxylation is 2. The summed E-state index contributed by atoms with van der Waals surface area (Å²) in [6.07, 6.45) is 1.52. The minimum Gasteiger partial charge on any atom is -0.396 e. The van der Waals surface area contributed by atoms with Gasteiger partial charge in [0, 0.05) is 6.61 Å². The monoisotopic (exact) mass is 272 g/mol. The largest absolute Gasteiger partial charge is 0.396 e. The predicted molar refractivity (Wildman–Crippen MR) is 80.3 cm³/mol. The van der Waals surface area contributed by atoms with Gasteiger partial charge in [-0.05, 0) is 61.4 Å². The van der Waals surface area contributed by atoms with Crippen LogP contribution in [0.1, 0.15) is 22.3 Å². The number of benzene rings is 2. The van der Waals surface area contributed by atoms with E-state index in [1.807, 2.05) is 6.07 Å². The van der Waals surface area contributed by atoms with Gasteiger partial charge in [-0.2, -0.15) is 0 Å². The van der Waals surface area contributed by atoms with E-state index >= 15 is 0 Å². The fourth-order valence-electron chi connectivity index (χ4n) is 2.53. The summed E-state index contributed by atoms with van der Waals surface area (Å²) in [5, 5.41) is 9.58. The lowest BCUT2D eigenvalue weighted by atomic mass is 9.90. The highest BCUT2D eigenvalue weighted by Gasteiger charge is 2.12. The molecule has 0 spiro atoms. The first-order valence-electron chi connectivity index (χ1n) is 7.00. The SMILES string of the molecule is Cc1ccc(C)c(CC(CO)Cc2cccc(F)c2)c1. The molecule has 0 aliphatic rings. The van der Waals surface area contributed by atoms with Crippen LogP contribution in [-0.4, -0.2) is 11.7 Å². The van der Waals surface area contributed by atoms with Crippen LogP contribution in [0.4, 0.5) is 4.39 Å². The van der Waals surface area contributed by atoms with Crippen LogP contribution in [0.25, 0.3) is 0 Å². The van der Waals surface area contributed by atoms with Gasteiger partial charge in [0.1, 0.15) is 5.82 Å². The molecule has 0 saturated carbocycles. The normalized spacial score (nSPS) is 12.4. The topological polar surface area (TPSA) is 20.2 Å². The fourth-order valence-corrected chi connectivity index (χ4v) is 2.53. The molecule has 1 nitrogen and oxygen atoms in total. The summed E-state index contributed by atoms with van der Waals surface area (Å²) in [6, 6.07) is 13.0. The number of halogens is 1. The van der Waals surface area contributed by atoms with E-state index in [0.717, 1.165) is 12.0 Å². The zero-order valence-electron chi connectivity index (χ0n) is 12.1. The van der Waals surface area contributed by atoms with Crippen molar-refractivity contribution in [1.29, 1.82) is 0 Å². The van der Waals surface area contributed by atoms with Gasteiger partial charge < -0.3 is 5.11 Å². The number of aliphatic hydroxyl groups is 1. The van der Waals surface area contributed by atoms with E-state index in [-0.39, 0.29) is 18.3 Å². The molecule has 0 saturated heterocycles. The second kappa shape index (κ2) is 6.67. The Morgan fingerprint density at radius 3 is 2.55 bits per heavy atom. The van der Waals surface area contributed by atoms with Gasteiger partial charge in [-0.25, -0.2) is 4.39 Å². The van der Waals surface area contributed by atoms with Gasteiger partial charge in [-0.15, -0.1) is 0 Å². The van der Waals surface area contributed by atoms with Gasteiger partial charge in [-0.3, -0.25) is 0 Å². The summed E-state index contributed by atoms with van der Waals surface area (Å²) in [4.78, 5) is 0. The average molecular weight is 272 g/mol. The Labute approximate surface area is 120 Å². The van der Waals surface area contributed by atoms with E-state index in [0.29, 0.717) is 6.42 Å². The summed E-state index contributed by atoms with van der Waals surface area (Å²) < 4.78 is 13.2. The molecule has 0 heterocycles. The van der Waals surface area contributed by atoms with Gasteiger partial charge in [0.15, 0.2) is 0 Å². The molecule has 2 aromatic carbocycles. The van der Waals surface area contributed by atoms with Crippen LogP contribution in [0.5, 0.6) is 0 Å². The van der Waals surface area contributed by atoms with Crippen LogP contribution < -0.4 is 0 Å². The van der Waals surface area contributed by atoms with Gasteiger partial charge in [0.2, 0.25) is 0 Å². The van der Waals surface area contributed by atoms with Crippen LogP contribution in [0.15, 0.2) is 42.5 Å². The highest BCUT2D eigenvalue weighted by atomic mass is 19.1. The third-order valence-electron chi connectivity index (χ3n) is 3.68. The van der Waals surface area contributed by atoms with Crippen LogP contribution in [0.2, 0.25) is 0 Å². The summed E-state index contributed by atoms with van der Waals surface area (Å²) in [7, 11) is 0. The Morgan fingerprint density at radius 1 is 1.05 bits per heavy atom. The molecule has 1 atom stereocenters. The molecular formula is C18H21FO. The quantitative estimate of drug-likeness (QED) is 0.877. The fraction of sp³-hybridized carbons (Fsp3) is 0.333. The van der Waals surface area contributed by atoms with Crippen LogP contribution in [-0.2, 0) is 12.8 Å². The molecule has 0 radical (unpaired) electrons. The Bertz CT molecular complexity index is 577. The lowest BCUT2D eigenvalue weighted by Gasteiger charge is -2.16. The number of rotatable bonds is 5. The number of aliphatic hydroxyl groups excluding tert-OH is 1. The first kappa shape index (κ1) is 14.7. The second-order valence-electron chi connectivity index (χ2n) is 5.52. The molecule has 2 rings (SSSR count). The predicted octanol–water partition coefficient (Wildman–Crippen LogP) is 3.84. The van der Waals surface area contributed by atoms with E-state index in [9.17, 15) is 9.50 Å². The maximum Gasteiger partial charge on any atom is 0.123 e. The third-order valence-corrected chi connectivity index (χ3v) is 3.68. The molecule has 0 fully saturated rings. The molecule has 0 aromatic heterocycles. The van der Waals surface area contributed by atoms with Crippen molar-refractivity contribution in [2.45, 2.75) is 26.7 Å². The molecule has 20 heavy (non-hydrogen) atoms. The van der Waals surface area contributed by atoms with E-state index in [1.54, 1.807) is 12.1 Å². The summed E-state index contributed by atoms with van der Waals surface area (Å²) in [5.41, 5.74) is 4.68. The van der Waals surface area contributed by atoms with Crippen molar-refractivity contribution in [2.24, 2.45) is 5.92 Å². The minimum atomic E-state index is -0.217. The first-order valence-corrected chi connectivity index (χ1v) is 7.00. The zero-order valence-corrected chi connectivity index (χ0v) is 12.1. The van der Waals surface area contributed by atoms with Crippen molar-refractivity contribution in [3.8, 4) is 0 Å². The Kier molecular flexibility index (Phi) is 4.91. The minimum absolute atomic E-state index is 0.115. The van der Waals surface area contributed by atoms with E-state index in [2.05, 4.69) is 32.0 Å². The van der Waals surface area contributed by atoms with Crippen molar-refractivity contribution < 1.29 is 9.50 Å². The third kappa shape index (κ3) is 3.91. The van der Waals surface area contributed by atoms with Crippen molar-refractivity contribution >= 4 is 0 Å². The van der Waals surface area contributed by atoms with E-state index < -0.39 is 0 Å². The number of hydrogen-bond donors (Lipinski definition) is 1. The molecule has 0 aliphatic carbocycles. The number of hydrogen-bond acceptors (Lipinski definition) is 1. The van der Waals surface area contributed by atoms with Gasteiger partial charge in [-0.1, -0.05) is 35.9 Å². The lowest BCUT2D eigenvalue weighted by Crippen LogP contribution is -2.14. The molecular weight excluding hydrogens is 251 g/mol. The van der Waals surface area contributed by atoms with Crippen molar-refractivity contribution in [1.82, 2.24) is 0 Å². The smallest absolute Gasteiger partial charge is 0.123 e. The standard InChI is InChI=1S/C18H21FO/c1-13-6-7-14(2)17(8-13)10-16(12-20)9-15-4-3-5-18(19)11-15/h3-8,11,16,20H,9-10,12H2,1-2H3. The van der Waals surface area contributed by atoms with Gasteiger partial charge in [0.05, 0.1) is 0 Å². The maximum atomic E-state index is 13.2. The van der Waals surface area contributed by atoms with Crippen molar-refractivity contribution in [3.05, 3.63) is 70.5 Å². The molecule has 0 bridgehead atoms. The molecule has 1 unspecified atom stereocenters. The Hall–Kier alpha value is -1.67. The molecule has 0 aliphatic heterocycles. The van der Waals surface area contributed by atoms with Crippen molar-refractivity contribution in [3.63, 3.8) is 0 Å². The van der Waals surface area contributed by atoms with Crippen LogP contribution >= 0.6 is 0 Å². The van der Waals surface area contributed by atoms with Crippen LogP contribution in [0, 0.1) is 25.6 Å². The Balaban J connectivity index is 2.11. The molecule has 106 valence electrons. The van der Waals surface area contributed by atoms with Crippen LogP contribution in [0.3, 0.4) is 0 Å². The molecule has 1 N–H and O–H groups in total. The summed E-state index contributed by atoms with van der Waals surface area (Å²) in [6.45, 7) is 4.28. The lowest BCUT2D eigenvalue weighted by molar-refractivity contribution is 0.224. The van der Waals surface area contributed by atoms with Gasteiger partial charge in [0.25, 0.3) is 0 Å². The molecule has 0 amide bonds. The summed E-state index contributed by atoms with van der Waals surface area (Å²) in [5.74, 6) is -0.0942. The first-order chi connectivity index (χ1) is 9.58. The molecule has 2 heteroatoms. The summed E-state index contributed by atoms with van der Waals surface area (Å²) >= 11 is 0. The molecule has 2 aromatic rings. The van der Waals surface area contributed by atoms with Gasteiger partial charge >= 0.3 is 0 Å². The Morgan fingerprint density at radius 2 is 1.85 bits per heavy atom. The highest BCUT2D eigenvalue weighted by molar-refractivity contribution is 5.31. The van der Waals surface area contributed by atoms with E-state index in [4.69, 9.17) is 0 Å². The zero-order chi connectivity index (χ0) is 14.5. The average Bonchev–Trinajstić information content (AvgIpc) is 2.42. The highest BCUT2D eigenvalue weighted by Crippen LogP contribution is 2.19. The maximum absolute atomic E-state index is 13.2. The second-order valence-corrected chi connectivity index (χ2v) is 5.52.